The minimum absolute atomic E-state index is 0.178. The van der Waals surface area contributed by atoms with E-state index in [1.165, 1.54) is 4.40 Å². The Morgan fingerprint density at radius 3 is 2.89 bits per heavy atom. The molecule has 3 aromatic heterocycles. The minimum atomic E-state index is -0.183. The third kappa shape index (κ3) is 2.65. The zero-order valence-electron chi connectivity index (χ0n) is 14.6. The maximum Gasteiger partial charge on any atom is 0.276 e. The monoisotopic (exact) mass is 384 g/mol. The third-order valence-electron chi connectivity index (χ3n) is 5.37. The quantitative estimate of drug-likeness (QED) is 0.643. The fourth-order valence-electron chi connectivity index (χ4n) is 3.95. The molecule has 2 aliphatic rings. The summed E-state index contributed by atoms with van der Waals surface area (Å²) in [6.07, 6.45) is 5.84. The standard InChI is InChI=1S/C19H17ClN4O3/c20-11-5-6-16-21-14-7-8-23(10-13(14)18(25)24(16)9-11)19(26)17-12-3-1-2-4-15(12)27-22-17/h5-6,9H,1-4,7-8,10H2. The van der Waals surface area contributed by atoms with Crippen LogP contribution in [-0.4, -0.2) is 31.9 Å². The van der Waals surface area contributed by atoms with Gasteiger partial charge in [-0.1, -0.05) is 16.8 Å². The van der Waals surface area contributed by atoms with Crippen LogP contribution in [0.4, 0.5) is 0 Å². The zero-order valence-corrected chi connectivity index (χ0v) is 15.3. The van der Waals surface area contributed by atoms with Gasteiger partial charge in [0.15, 0.2) is 5.69 Å². The zero-order chi connectivity index (χ0) is 18.5. The normalized spacial score (nSPS) is 16.3. The molecule has 1 aliphatic carbocycles. The van der Waals surface area contributed by atoms with Crippen molar-refractivity contribution in [2.75, 3.05) is 6.54 Å². The van der Waals surface area contributed by atoms with Crippen LogP contribution in [0.25, 0.3) is 5.65 Å². The number of pyridine rings is 1. The Bertz CT molecular complexity index is 1130. The fraction of sp³-hybridized carbons (Fsp3) is 0.368. The summed E-state index contributed by atoms with van der Waals surface area (Å²) in [5.74, 6) is 0.646. The smallest absolute Gasteiger partial charge is 0.276 e. The van der Waals surface area contributed by atoms with Crippen molar-refractivity contribution in [3.05, 3.63) is 62.0 Å². The van der Waals surface area contributed by atoms with Gasteiger partial charge in [-0.2, -0.15) is 0 Å². The largest absolute Gasteiger partial charge is 0.360 e. The van der Waals surface area contributed by atoms with Crippen LogP contribution in [-0.2, 0) is 25.8 Å². The van der Waals surface area contributed by atoms with Crippen LogP contribution in [0.1, 0.15) is 45.9 Å². The number of nitrogens with zero attached hydrogens (tertiary/aromatic N) is 4. The molecule has 1 aliphatic heterocycles. The van der Waals surface area contributed by atoms with E-state index >= 15 is 0 Å². The number of aryl methyl sites for hydroxylation is 1. The Labute approximate surface area is 159 Å². The Balaban J connectivity index is 1.51. The SMILES string of the molecule is O=C(c1noc2c1CCCC2)N1CCc2nc3ccc(Cl)cn3c(=O)c2C1. The molecular weight excluding hydrogens is 368 g/mol. The van der Waals surface area contributed by atoms with Crippen molar-refractivity contribution >= 4 is 23.2 Å². The highest BCUT2D eigenvalue weighted by Gasteiger charge is 2.31. The lowest BCUT2D eigenvalue weighted by Gasteiger charge is -2.27. The highest BCUT2D eigenvalue weighted by Crippen LogP contribution is 2.26. The molecule has 5 rings (SSSR count). The number of rotatable bonds is 1. The van der Waals surface area contributed by atoms with Crippen molar-refractivity contribution in [1.29, 1.82) is 0 Å². The van der Waals surface area contributed by atoms with Crippen LogP contribution < -0.4 is 5.56 Å². The predicted octanol–water partition coefficient (Wildman–Crippen LogP) is 2.41. The fourth-order valence-corrected chi connectivity index (χ4v) is 4.11. The topological polar surface area (TPSA) is 80.7 Å². The number of carbonyl (C=O) groups is 1. The molecule has 0 unspecified atom stereocenters. The first-order chi connectivity index (χ1) is 13.1. The molecule has 27 heavy (non-hydrogen) atoms. The number of hydrogen-bond acceptors (Lipinski definition) is 5. The van der Waals surface area contributed by atoms with E-state index in [2.05, 4.69) is 10.1 Å². The van der Waals surface area contributed by atoms with Crippen molar-refractivity contribution in [1.82, 2.24) is 19.4 Å². The Kier molecular flexibility index (Phi) is 3.79. The Morgan fingerprint density at radius 2 is 2.00 bits per heavy atom. The number of halogens is 1. The van der Waals surface area contributed by atoms with E-state index in [0.29, 0.717) is 34.9 Å². The second kappa shape index (κ2) is 6.20. The van der Waals surface area contributed by atoms with Crippen LogP contribution in [0.2, 0.25) is 5.02 Å². The number of carbonyl (C=O) groups excluding carboxylic acids is 1. The summed E-state index contributed by atoms with van der Waals surface area (Å²) in [5, 5.41) is 4.49. The summed E-state index contributed by atoms with van der Waals surface area (Å²) in [7, 11) is 0. The van der Waals surface area contributed by atoms with Gasteiger partial charge < -0.3 is 9.42 Å². The first-order valence-corrected chi connectivity index (χ1v) is 9.46. The number of aromatic nitrogens is 3. The van der Waals surface area contributed by atoms with Crippen LogP contribution >= 0.6 is 11.6 Å². The molecule has 0 radical (unpaired) electrons. The van der Waals surface area contributed by atoms with Gasteiger partial charge in [0, 0.05) is 31.1 Å². The molecule has 8 heteroatoms. The van der Waals surface area contributed by atoms with Crippen molar-refractivity contribution < 1.29 is 9.32 Å². The number of hydrogen-bond donors (Lipinski definition) is 0. The summed E-state index contributed by atoms with van der Waals surface area (Å²) in [4.78, 5) is 32.2. The number of fused-ring (bicyclic) bond motifs is 3. The molecule has 0 bridgehead atoms. The average molecular weight is 385 g/mol. The molecule has 0 fully saturated rings. The molecule has 0 aromatic carbocycles. The van der Waals surface area contributed by atoms with Gasteiger partial charge in [0.1, 0.15) is 11.4 Å². The molecule has 0 N–H and O–H groups in total. The van der Waals surface area contributed by atoms with Gasteiger partial charge in [0.2, 0.25) is 0 Å². The van der Waals surface area contributed by atoms with Crippen LogP contribution in [0.3, 0.4) is 0 Å². The molecule has 0 saturated carbocycles. The number of amides is 1. The van der Waals surface area contributed by atoms with Gasteiger partial charge in [-0.05, 0) is 31.4 Å². The molecular formula is C19H17ClN4O3. The van der Waals surface area contributed by atoms with Gasteiger partial charge in [-0.25, -0.2) is 4.98 Å². The van der Waals surface area contributed by atoms with Crippen LogP contribution in [0.15, 0.2) is 27.6 Å². The van der Waals surface area contributed by atoms with Gasteiger partial charge in [-0.3, -0.25) is 14.0 Å². The van der Waals surface area contributed by atoms with E-state index in [9.17, 15) is 9.59 Å². The van der Waals surface area contributed by atoms with Gasteiger partial charge >= 0.3 is 0 Å². The van der Waals surface area contributed by atoms with Crippen LogP contribution in [0.5, 0.6) is 0 Å². The first-order valence-electron chi connectivity index (χ1n) is 9.08. The Hall–Kier alpha value is -2.67. The van der Waals surface area contributed by atoms with E-state index in [0.717, 1.165) is 42.7 Å². The molecule has 3 aromatic rings. The van der Waals surface area contributed by atoms with Crippen molar-refractivity contribution in [2.24, 2.45) is 0 Å². The van der Waals surface area contributed by atoms with Crippen molar-refractivity contribution in [2.45, 2.75) is 38.6 Å². The second-order valence-electron chi connectivity index (χ2n) is 7.03. The molecule has 4 heterocycles. The average Bonchev–Trinajstić information content (AvgIpc) is 3.12. The molecule has 0 atom stereocenters. The van der Waals surface area contributed by atoms with E-state index < -0.39 is 0 Å². The summed E-state index contributed by atoms with van der Waals surface area (Å²) in [5.41, 5.74) is 2.98. The predicted molar refractivity (Wildman–Crippen MR) is 98.1 cm³/mol. The van der Waals surface area contributed by atoms with Crippen molar-refractivity contribution in [3.63, 3.8) is 0 Å². The highest BCUT2D eigenvalue weighted by molar-refractivity contribution is 6.30. The summed E-state index contributed by atoms with van der Waals surface area (Å²) in [6, 6.07) is 3.44. The van der Waals surface area contributed by atoms with Gasteiger partial charge in [-0.15, -0.1) is 0 Å². The minimum Gasteiger partial charge on any atom is -0.360 e. The lowest BCUT2D eigenvalue weighted by Crippen LogP contribution is -2.40. The lowest BCUT2D eigenvalue weighted by molar-refractivity contribution is 0.0721. The molecule has 0 spiro atoms. The molecule has 0 saturated heterocycles. The summed E-state index contributed by atoms with van der Waals surface area (Å²) < 4.78 is 6.81. The van der Waals surface area contributed by atoms with Gasteiger partial charge in [0.05, 0.1) is 22.8 Å². The van der Waals surface area contributed by atoms with E-state index in [1.807, 2.05) is 0 Å². The molecule has 7 nitrogen and oxygen atoms in total. The second-order valence-corrected chi connectivity index (χ2v) is 7.47. The third-order valence-corrected chi connectivity index (χ3v) is 5.60. The summed E-state index contributed by atoms with van der Waals surface area (Å²) >= 11 is 6.02. The lowest BCUT2D eigenvalue weighted by atomic mass is 9.96. The van der Waals surface area contributed by atoms with Gasteiger partial charge in [0.25, 0.3) is 11.5 Å². The maximum atomic E-state index is 13.0. The maximum absolute atomic E-state index is 13.0. The van der Waals surface area contributed by atoms with Crippen molar-refractivity contribution in [3.8, 4) is 0 Å². The van der Waals surface area contributed by atoms with E-state index in [-0.39, 0.29) is 18.0 Å². The molecule has 1 amide bonds. The first kappa shape index (κ1) is 16.5. The summed E-state index contributed by atoms with van der Waals surface area (Å²) in [6.45, 7) is 0.723. The highest BCUT2D eigenvalue weighted by atomic mass is 35.5. The van der Waals surface area contributed by atoms with E-state index in [1.54, 1.807) is 23.2 Å². The molecule has 138 valence electrons. The Morgan fingerprint density at radius 1 is 1.15 bits per heavy atom. The van der Waals surface area contributed by atoms with Crippen LogP contribution in [0, 0.1) is 0 Å². The van der Waals surface area contributed by atoms with E-state index in [4.69, 9.17) is 16.1 Å².